The molecule has 1 unspecified atom stereocenters. The first-order chi connectivity index (χ1) is 9.22. The summed E-state index contributed by atoms with van der Waals surface area (Å²) in [5.41, 5.74) is 12.9. The Hall–Kier alpha value is -1.83. The zero-order chi connectivity index (χ0) is 13.7. The van der Waals surface area contributed by atoms with Gasteiger partial charge in [-0.05, 0) is 31.0 Å². The number of nitrogens with two attached hydrogens (primary N) is 2. The quantitative estimate of drug-likeness (QED) is 0.772. The van der Waals surface area contributed by atoms with E-state index >= 15 is 0 Å². The number of hydrogen-bond acceptors (Lipinski definition) is 3. The summed E-state index contributed by atoms with van der Waals surface area (Å²) in [5, 5.41) is 0. The SMILES string of the molecule is NCC#Cc1ccccc1CN1CCCC1C(N)=O. The third-order valence-corrected chi connectivity index (χ3v) is 3.41. The summed E-state index contributed by atoms with van der Waals surface area (Å²) in [5.74, 6) is 5.71. The maximum absolute atomic E-state index is 11.4. The molecule has 0 bridgehead atoms. The predicted molar refractivity (Wildman–Crippen MR) is 75.0 cm³/mol. The number of rotatable bonds is 3. The minimum atomic E-state index is -0.233. The highest BCUT2D eigenvalue weighted by Crippen LogP contribution is 2.21. The van der Waals surface area contributed by atoms with Crippen molar-refractivity contribution in [3.05, 3.63) is 35.4 Å². The van der Waals surface area contributed by atoms with Crippen molar-refractivity contribution in [3.8, 4) is 11.8 Å². The summed E-state index contributed by atoms with van der Waals surface area (Å²) in [6.07, 6.45) is 1.87. The molecule has 100 valence electrons. The van der Waals surface area contributed by atoms with Gasteiger partial charge in [-0.25, -0.2) is 0 Å². The Labute approximate surface area is 113 Å². The van der Waals surface area contributed by atoms with Crippen LogP contribution in [0.25, 0.3) is 0 Å². The van der Waals surface area contributed by atoms with Crippen LogP contribution in [0.1, 0.15) is 24.0 Å². The van der Waals surface area contributed by atoms with Gasteiger partial charge in [0.15, 0.2) is 0 Å². The zero-order valence-electron chi connectivity index (χ0n) is 10.9. The van der Waals surface area contributed by atoms with Crippen LogP contribution < -0.4 is 11.5 Å². The summed E-state index contributed by atoms with van der Waals surface area (Å²) >= 11 is 0. The van der Waals surface area contributed by atoms with Crippen molar-refractivity contribution in [2.24, 2.45) is 11.5 Å². The fourth-order valence-electron chi connectivity index (χ4n) is 2.48. The summed E-state index contributed by atoms with van der Waals surface area (Å²) < 4.78 is 0. The van der Waals surface area contributed by atoms with Crippen molar-refractivity contribution in [2.45, 2.75) is 25.4 Å². The molecule has 1 fully saturated rings. The van der Waals surface area contributed by atoms with E-state index in [-0.39, 0.29) is 11.9 Å². The monoisotopic (exact) mass is 257 g/mol. The topological polar surface area (TPSA) is 72.3 Å². The molecule has 0 saturated carbocycles. The smallest absolute Gasteiger partial charge is 0.234 e. The molecule has 4 heteroatoms. The van der Waals surface area contributed by atoms with Gasteiger partial charge in [0, 0.05) is 12.1 Å². The van der Waals surface area contributed by atoms with Gasteiger partial charge in [-0.1, -0.05) is 30.0 Å². The molecular formula is C15H19N3O. The molecule has 1 heterocycles. The molecule has 0 aliphatic carbocycles. The molecule has 4 N–H and O–H groups in total. The van der Waals surface area contributed by atoms with Gasteiger partial charge >= 0.3 is 0 Å². The van der Waals surface area contributed by atoms with E-state index in [0.29, 0.717) is 13.1 Å². The molecule has 19 heavy (non-hydrogen) atoms. The fraction of sp³-hybridized carbons (Fsp3) is 0.400. The first-order valence-corrected chi connectivity index (χ1v) is 6.52. The van der Waals surface area contributed by atoms with E-state index in [1.165, 1.54) is 0 Å². The number of likely N-dealkylation sites (tertiary alicyclic amines) is 1. The second-order valence-corrected chi connectivity index (χ2v) is 4.69. The molecule has 1 saturated heterocycles. The Morgan fingerprint density at radius 3 is 2.95 bits per heavy atom. The summed E-state index contributed by atoms with van der Waals surface area (Å²) in [6.45, 7) is 1.97. The molecule has 1 aliphatic heterocycles. The minimum absolute atomic E-state index is 0.143. The second kappa shape index (κ2) is 6.37. The van der Waals surface area contributed by atoms with Crippen LogP contribution in [0.3, 0.4) is 0 Å². The van der Waals surface area contributed by atoms with E-state index in [1.807, 2.05) is 24.3 Å². The Balaban J connectivity index is 2.16. The average Bonchev–Trinajstić information content (AvgIpc) is 2.86. The highest BCUT2D eigenvalue weighted by Gasteiger charge is 2.28. The van der Waals surface area contributed by atoms with Crippen molar-refractivity contribution >= 4 is 5.91 Å². The number of primary amides is 1. The number of nitrogens with zero attached hydrogens (tertiary/aromatic N) is 1. The van der Waals surface area contributed by atoms with Gasteiger partial charge in [0.1, 0.15) is 0 Å². The van der Waals surface area contributed by atoms with E-state index in [1.54, 1.807) is 0 Å². The normalized spacial score (nSPS) is 18.9. The van der Waals surface area contributed by atoms with Gasteiger partial charge in [0.2, 0.25) is 5.91 Å². The van der Waals surface area contributed by atoms with Crippen LogP contribution in [0.4, 0.5) is 0 Å². The first-order valence-electron chi connectivity index (χ1n) is 6.52. The third-order valence-electron chi connectivity index (χ3n) is 3.41. The molecule has 0 aromatic heterocycles. The van der Waals surface area contributed by atoms with Crippen molar-refractivity contribution in [2.75, 3.05) is 13.1 Å². The lowest BCUT2D eigenvalue weighted by molar-refractivity contribution is -0.122. The lowest BCUT2D eigenvalue weighted by atomic mass is 10.1. The number of carbonyl (C=O) groups excluding carboxylic acids is 1. The molecule has 2 rings (SSSR count). The minimum Gasteiger partial charge on any atom is -0.368 e. The number of benzene rings is 1. The second-order valence-electron chi connectivity index (χ2n) is 4.69. The molecular weight excluding hydrogens is 238 g/mol. The first kappa shape index (κ1) is 13.6. The average molecular weight is 257 g/mol. The zero-order valence-corrected chi connectivity index (χ0v) is 10.9. The van der Waals surface area contributed by atoms with E-state index < -0.39 is 0 Å². The molecule has 1 aromatic rings. The van der Waals surface area contributed by atoms with Crippen LogP contribution in [0.5, 0.6) is 0 Å². The van der Waals surface area contributed by atoms with Crippen molar-refractivity contribution < 1.29 is 4.79 Å². The van der Waals surface area contributed by atoms with Crippen LogP contribution in [0.2, 0.25) is 0 Å². The highest BCUT2D eigenvalue weighted by molar-refractivity contribution is 5.80. The Morgan fingerprint density at radius 1 is 1.42 bits per heavy atom. The van der Waals surface area contributed by atoms with Gasteiger partial charge in [0.05, 0.1) is 12.6 Å². The summed E-state index contributed by atoms with van der Waals surface area (Å²) in [6, 6.07) is 7.82. The van der Waals surface area contributed by atoms with Gasteiger partial charge in [-0.15, -0.1) is 0 Å². The van der Waals surface area contributed by atoms with Crippen LogP contribution >= 0.6 is 0 Å². The van der Waals surface area contributed by atoms with Gasteiger partial charge in [-0.2, -0.15) is 0 Å². The van der Waals surface area contributed by atoms with Gasteiger partial charge < -0.3 is 11.5 Å². The van der Waals surface area contributed by atoms with Crippen molar-refractivity contribution in [1.29, 1.82) is 0 Å². The van der Waals surface area contributed by atoms with Crippen LogP contribution in [0.15, 0.2) is 24.3 Å². The number of hydrogen-bond donors (Lipinski definition) is 2. The van der Waals surface area contributed by atoms with E-state index in [0.717, 1.165) is 30.5 Å². The van der Waals surface area contributed by atoms with Crippen LogP contribution in [-0.2, 0) is 11.3 Å². The standard InChI is InChI=1S/C15H19N3O/c16-9-3-7-12-5-1-2-6-13(12)11-18-10-4-8-14(18)15(17)19/h1-2,5-6,14H,4,8-11,16H2,(H2,17,19). The number of carbonyl (C=O) groups is 1. The Bertz CT molecular complexity index is 516. The van der Waals surface area contributed by atoms with Crippen LogP contribution in [0, 0.1) is 11.8 Å². The van der Waals surface area contributed by atoms with E-state index in [2.05, 4.69) is 16.7 Å². The molecule has 1 aliphatic rings. The lowest BCUT2D eigenvalue weighted by Gasteiger charge is -2.22. The molecule has 1 atom stereocenters. The summed E-state index contributed by atoms with van der Waals surface area (Å²) in [7, 11) is 0. The molecule has 1 amide bonds. The molecule has 1 aromatic carbocycles. The fourth-order valence-corrected chi connectivity index (χ4v) is 2.48. The largest absolute Gasteiger partial charge is 0.368 e. The molecule has 0 radical (unpaired) electrons. The van der Waals surface area contributed by atoms with E-state index in [4.69, 9.17) is 11.5 Å². The lowest BCUT2D eigenvalue weighted by Crippen LogP contribution is -2.39. The number of amides is 1. The van der Waals surface area contributed by atoms with Crippen molar-refractivity contribution in [1.82, 2.24) is 4.90 Å². The van der Waals surface area contributed by atoms with E-state index in [9.17, 15) is 4.79 Å². The Morgan fingerprint density at radius 2 is 2.21 bits per heavy atom. The van der Waals surface area contributed by atoms with Gasteiger partial charge in [0.25, 0.3) is 0 Å². The molecule has 0 spiro atoms. The summed E-state index contributed by atoms with van der Waals surface area (Å²) in [4.78, 5) is 13.5. The van der Waals surface area contributed by atoms with Crippen molar-refractivity contribution in [3.63, 3.8) is 0 Å². The van der Waals surface area contributed by atoms with Crippen LogP contribution in [-0.4, -0.2) is 29.9 Å². The predicted octanol–water partition coefficient (Wildman–Crippen LogP) is 0.447. The maximum atomic E-state index is 11.4. The molecule has 4 nitrogen and oxygen atoms in total. The maximum Gasteiger partial charge on any atom is 0.234 e. The third kappa shape index (κ3) is 3.34. The Kier molecular flexibility index (Phi) is 4.56. The van der Waals surface area contributed by atoms with Gasteiger partial charge in [-0.3, -0.25) is 9.69 Å². The highest BCUT2D eigenvalue weighted by atomic mass is 16.1.